The first-order valence-electron chi connectivity index (χ1n) is 6.11. The summed E-state index contributed by atoms with van der Waals surface area (Å²) < 4.78 is 6.81. The lowest BCUT2D eigenvalue weighted by Crippen LogP contribution is -2.47. The Morgan fingerprint density at radius 3 is 2.94 bits per heavy atom. The second kappa shape index (κ2) is 4.48. The first kappa shape index (κ1) is 11.9. The van der Waals surface area contributed by atoms with Gasteiger partial charge in [-0.2, -0.15) is 0 Å². The lowest BCUT2D eigenvalue weighted by molar-refractivity contribution is -0.137. The second-order valence-electron chi connectivity index (χ2n) is 5.04. The quantitative estimate of drug-likeness (QED) is 0.770. The highest BCUT2D eigenvalue weighted by Gasteiger charge is 2.44. The maximum absolute atomic E-state index is 12.4. The summed E-state index contributed by atoms with van der Waals surface area (Å²) in [6.45, 7) is 0.749. The zero-order valence-corrected chi connectivity index (χ0v) is 12.0. The van der Waals surface area contributed by atoms with Crippen LogP contribution < -0.4 is 0 Å². The van der Waals surface area contributed by atoms with Crippen molar-refractivity contribution in [3.8, 4) is 0 Å². The van der Waals surface area contributed by atoms with Gasteiger partial charge in [0.1, 0.15) is 0 Å². The number of ether oxygens (including phenoxy) is 1. The van der Waals surface area contributed by atoms with Gasteiger partial charge in [-0.15, -0.1) is 11.3 Å². The van der Waals surface area contributed by atoms with Crippen LogP contribution in [0.25, 0.3) is 0 Å². The van der Waals surface area contributed by atoms with Gasteiger partial charge in [-0.1, -0.05) is 0 Å². The molecule has 1 atom stereocenters. The number of ketones is 1. The number of Topliss-reactive ketones (excluding diaryl/α,β-unsaturated/α-hetero) is 1. The monoisotopic (exact) mass is 314 g/mol. The summed E-state index contributed by atoms with van der Waals surface area (Å²) in [4.78, 5) is 13.3. The summed E-state index contributed by atoms with van der Waals surface area (Å²) in [6, 6.07) is 1.95. The van der Waals surface area contributed by atoms with E-state index in [1.807, 2.05) is 11.4 Å². The number of carbonyl (C=O) groups excluding carboxylic acids is 1. The number of hydrogen-bond donors (Lipinski definition) is 0. The standard InChI is InChI=1S/C13H15BrO2S/c14-10-3-7-17-12(10)11(15)9-2-6-16-13(8-9)4-1-5-13/h3,7,9H,1-2,4-6,8H2. The van der Waals surface area contributed by atoms with E-state index in [2.05, 4.69) is 15.9 Å². The molecule has 1 unspecified atom stereocenters. The normalized spacial score (nSPS) is 26.8. The Labute approximate surface area is 113 Å². The number of carbonyl (C=O) groups is 1. The number of rotatable bonds is 2. The van der Waals surface area contributed by atoms with Gasteiger partial charge in [-0.05, 0) is 59.5 Å². The van der Waals surface area contributed by atoms with Crippen molar-refractivity contribution < 1.29 is 9.53 Å². The Balaban J connectivity index is 1.76. The van der Waals surface area contributed by atoms with Crippen molar-refractivity contribution in [1.29, 1.82) is 0 Å². The van der Waals surface area contributed by atoms with Crippen LogP contribution in [-0.2, 0) is 4.74 Å². The molecule has 1 aromatic heterocycles. The summed E-state index contributed by atoms with van der Waals surface area (Å²) in [5, 5.41) is 1.97. The Bertz CT molecular complexity index is 436. The smallest absolute Gasteiger partial charge is 0.177 e. The Kier molecular flexibility index (Phi) is 3.13. The summed E-state index contributed by atoms with van der Waals surface area (Å²) in [6.07, 6.45) is 5.34. The summed E-state index contributed by atoms with van der Waals surface area (Å²) in [5.41, 5.74) is 0.0578. The van der Waals surface area contributed by atoms with E-state index in [0.29, 0.717) is 5.78 Å². The van der Waals surface area contributed by atoms with Gasteiger partial charge in [0, 0.05) is 17.0 Å². The van der Waals surface area contributed by atoms with Crippen LogP contribution in [0.5, 0.6) is 0 Å². The minimum Gasteiger partial charge on any atom is -0.375 e. The molecule has 2 fully saturated rings. The maximum atomic E-state index is 12.4. The fourth-order valence-electron chi connectivity index (χ4n) is 2.83. The number of hydrogen-bond acceptors (Lipinski definition) is 3. The minimum absolute atomic E-state index is 0.0578. The molecule has 2 heterocycles. The molecule has 1 aromatic rings. The van der Waals surface area contributed by atoms with Gasteiger partial charge in [0.05, 0.1) is 10.5 Å². The second-order valence-corrected chi connectivity index (χ2v) is 6.81. The molecular formula is C13H15BrO2S. The lowest BCUT2D eigenvalue weighted by atomic mass is 9.71. The molecule has 0 aromatic carbocycles. The molecule has 0 bridgehead atoms. The van der Waals surface area contributed by atoms with E-state index in [4.69, 9.17) is 4.74 Å². The molecular weight excluding hydrogens is 300 g/mol. The Hall–Kier alpha value is -0.190. The van der Waals surface area contributed by atoms with Gasteiger partial charge in [-0.3, -0.25) is 4.79 Å². The molecule has 0 N–H and O–H groups in total. The molecule has 0 radical (unpaired) electrons. The first-order valence-corrected chi connectivity index (χ1v) is 7.79. The zero-order chi connectivity index (χ0) is 11.9. The van der Waals surface area contributed by atoms with E-state index in [1.54, 1.807) is 0 Å². The molecule has 1 aliphatic carbocycles. The van der Waals surface area contributed by atoms with Crippen LogP contribution in [-0.4, -0.2) is 18.0 Å². The summed E-state index contributed by atoms with van der Waals surface area (Å²) >= 11 is 4.99. The lowest BCUT2D eigenvalue weighted by Gasteiger charge is -2.46. The fraction of sp³-hybridized carbons (Fsp3) is 0.615. The van der Waals surface area contributed by atoms with E-state index < -0.39 is 0 Å². The Morgan fingerprint density at radius 1 is 1.53 bits per heavy atom. The molecule has 4 heteroatoms. The van der Waals surface area contributed by atoms with Crippen molar-refractivity contribution in [1.82, 2.24) is 0 Å². The van der Waals surface area contributed by atoms with E-state index >= 15 is 0 Å². The molecule has 1 spiro atoms. The maximum Gasteiger partial charge on any atom is 0.177 e. The van der Waals surface area contributed by atoms with Gasteiger partial charge in [-0.25, -0.2) is 0 Å². The van der Waals surface area contributed by atoms with Crippen LogP contribution >= 0.6 is 27.3 Å². The van der Waals surface area contributed by atoms with Gasteiger partial charge >= 0.3 is 0 Å². The third-order valence-corrected chi connectivity index (χ3v) is 5.82. The molecule has 2 nitrogen and oxygen atoms in total. The highest BCUT2D eigenvalue weighted by molar-refractivity contribution is 9.10. The molecule has 3 rings (SSSR count). The van der Waals surface area contributed by atoms with Gasteiger partial charge in [0.15, 0.2) is 5.78 Å². The third-order valence-electron chi connectivity index (χ3n) is 3.97. The van der Waals surface area contributed by atoms with Crippen LogP contribution in [0.1, 0.15) is 41.8 Å². The molecule has 1 aliphatic heterocycles. The van der Waals surface area contributed by atoms with Crippen LogP contribution in [0.3, 0.4) is 0 Å². The third kappa shape index (κ3) is 2.11. The average Bonchev–Trinajstić information content (AvgIpc) is 2.73. The first-order chi connectivity index (χ1) is 8.20. The van der Waals surface area contributed by atoms with Gasteiger partial charge < -0.3 is 4.74 Å². The van der Waals surface area contributed by atoms with Crippen molar-refractivity contribution in [3.63, 3.8) is 0 Å². The van der Waals surface area contributed by atoms with Crippen molar-refractivity contribution in [2.75, 3.05) is 6.61 Å². The van der Waals surface area contributed by atoms with Crippen molar-refractivity contribution in [2.45, 2.75) is 37.7 Å². The molecule has 92 valence electrons. The summed E-state index contributed by atoms with van der Waals surface area (Å²) in [7, 11) is 0. The van der Waals surface area contributed by atoms with Crippen LogP contribution in [0.2, 0.25) is 0 Å². The van der Waals surface area contributed by atoms with Crippen molar-refractivity contribution in [3.05, 3.63) is 20.8 Å². The van der Waals surface area contributed by atoms with Crippen LogP contribution in [0.4, 0.5) is 0 Å². The SMILES string of the molecule is O=C(c1sccc1Br)C1CCOC2(CCC2)C1. The topological polar surface area (TPSA) is 26.3 Å². The highest BCUT2D eigenvalue weighted by atomic mass is 79.9. The number of thiophene rings is 1. The molecule has 17 heavy (non-hydrogen) atoms. The predicted molar refractivity (Wildman–Crippen MR) is 71.6 cm³/mol. The van der Waals surface area contributed by atoms with Crippen LogP contribution in [0.15, 0.2) is 15.9 Å². The van der Waals surface area contributed by atoms with E-state index in [0.717, 1.165) is 41.6 Å². The highest BCUT2D eigenvalue weighted by Crippen LogP contribution is 2.45. The van der Waals surface area contributed by atoms with E-state index in [-0.39, 0.29) is 11.5 Å². The van der Waals surface area contributed by atoms with Crippen molar-refractivity contribution >= 4 is 33.0 Å². The molecule has 2 aliphatic rings. The van der Waals surface area contributed by atoms with Gasteiger partial charge in [0.2, 0.25) is 0 Å². The van der Waals surface area contributed by atoms with E-state index in [1.165, 1.54) is 17.8 Å². The summed E-state index contributed by atoms with van der Waals surface area (Å²) in [5.74, 6) is 0.473. The fourth-order valence-corrected chi connectivity index (χ4v) is 4.41. The van der Waals surface area contributed by atoms with Crippen molar-refractivity contribution in [2.24, 2.45) is 5.92 Å². The molecule has 0 amide bonds. The minimum atomic E-state index is 0.0578. The van der Waals surface area contributed by atoms with Crippen LogP contribution in [0, 0.1) is 5.92 Å². The molecule has 1 saturated carbocycles. The largest absolute Gasteiger partial charge is 0.375 e. The number of halogens is 1. The van der Waals surface area contributed by atoms with Gasteiger partial charge in [0.25, 0.3) is 0 Å². The Morgan fingerprint density at radius 2 is 2.35 bits per heavy atom. The molecule has 1 saturated heterocycles. The zero-order valence-electron chi connectivity index (χ0n) is 9.58. The van der Waals surface area contributed by atoms with E-state index in [9.17, 15) is 4.79 Å². The predicted octanol–water partition coefficient (Wildman–Crippen LogP) is 4.04. The average molecular weight is 315 g/mol.